The maximum atomic E-state index is 4.50. The van der Waals surface area contributed by atoms with Crippen LogP contribution in [0.15, 0.2) is 54.0 Å². The molecule has 2 aromatic carbocycles. The number of hydrogen-bond acceptors (Lipinski definition) is 2. The van der Waals surface area contributed by atoms with Crippen molar-refractivity contribution in [1.82, 2.24) is 4.90 Å². The van der Waals surface area contributed by atoms with E-state index in [0.717, 1.165) is 36.0 Å². The normalized spacial score (nSPS) is 11.7. The Morgan fingerprint density at radius 1 is 1.04 bits per heavy atom. The molecule has 2 rings (SSSR count). The van der Waals surface area contributed by atoms with Gasteiger partial charge in [0.05, 0.1) is 0 Å². The molecular weight excluding hydrogens is 300 g/mol. The highest BCUT2D eigenvalue weighted by Crippen LogP contribution is 2.30. The average Bonchev–Trinajstić information content (AvgIpc) is 2.59. The molecule has 0 N–H and O–H groups in total. The van der Waals surface area contributed by atoms with Gasteiger partial charge in [0.1, 0.15) is 0 Å². The molecule has 2 nitrogen and oxygen atoms in total. The Bertz CT molecular complexity index is 685. The van der Waals surface area contributed by atoms with Gasteiger partial charge in [0.25, 0.3) is 0 Å². The van der Waals surface area contributed by atoms with Crippen molar-refractivity contribution >= 4 is 32.6 Å². The minimum absolute atomic E-state index is 1.04. The summed E-state index contributed by atoms with van der Waals surface area (Å²) < 4.78 is 0. The smallest absolute Gasteiger partial charge is 0.163 e. The minimum Gasteiger partial charge on any atom is -0.351 e. The van der Waals surface area contributed by atoms with E-state index in [1.807, 2.05) is 7.05 Å². The van der Waals surface area contributed by atoms with Gasteiger partial charge in [-0.25, -0.2) is 0 Å². The van der Waals surface area contributed by atoms with Crippen molar-refractivity contribution in [3.63, 3.8) is 0 Å². The Morgan fingerprint density at radius 3 is 2.30 bits per heavy atom. The van der Waals surface area contributed by atoms with E-state index in [-0.39, 0.29) is 0 Å². The van der Waals surface area contributed by atoms with E-state index in [0.29, 0.717) is 0 Å². The molecule has 0 heterocycles. The zero-order chi connectivity index (χ0) is 16.7. The fraction of sp³-hybridized carbons (Fsp3) is 0.350. The van der Waals surface area contributed by atoms with Crippen LogP contribution in [0.4, 0.5) is 0 Å². The van der Waals surface area contributed by atoms with Gasteiger partial charge in [0, 0.05) is 25.0 Å². The molecule has 0 bridgehead atoms. The third-order valence-corrected chi connectivity index (χ3v) is 4.84. The Hall–Kier alpha value is -1.74. The highest BCUT2D eigenvalue weighted by atomic mass is 32.2. The van der Waals surface area contributed by atoms with Crippen molar-refractivity contribution in [2.75, 3.05) is 20.1 Å². The van der Waals surface area contributed by atoms with Gasteiger partial charge in [-0.05, 0) is 35.2 Å². The van der Waals surface area contributed by atoms with Crippen LogP contribution in [-0.2, 0) is 0 Å². The zero-order valence-electron chi connectivity index (χ0n) is 14.4. The van der Waals surface area contributed by atoms with Crippen LogP contribution in [0.5, 0.6) is 0 Å². The maximum absolute atomic E-state index is 4.50. The van der Waals surface area contributed by atoms with Crippen LogP contribution in [0.1, 0.15) is 32.3 Å². The largest absolute Gasteiger partial charge is 0.351 e. The van der Waals surface area contributed by atoms with Crippen LogP contribution in [0.25, 0.3) is 15.7 Å². The van der Waals surface area contributed by atoms with Gasteiger partial charge < -0.3 is 4.90 Å². The molecule has 0 aromatic heterocycles. The van der Waals surface area contributed by atoms with Crippen LogP contribution < -0.4 is 0 Å². The van der Waals surface area contributed by atoms with Gasteiger partial charge in [-0.15, -0.1) is 0 Å². The van der Waals surface area contributed by atoms with E-state index in [4.69, 9.17) is 0 Å². The molecular formula is C20H26N2S. The Labute approximate surface area is 144 Å². The minimum atomic E-state index is 1.04. The lowest BCUT2D eigenvalue weighted by atomic mass is 10.1. The summed E-state index contributed by atoms with van der Waals surface area (Å²) in [6, 6.07) is 14.9. The van der Waals surface area contributed by atoms with E-state index in [2.05, 4.69) is 72.8 Å². The number of thioether (sulfide) groups is 1. The quantitative estimate of drug-likeness (QED) is 0.503. The summed E-state index contributed by atoms with van der Waals surface area (Å²) in [5, 5.41) is 3.57. The van der Waals surface area contributed by atoms with Crippen molar-refractivity contribution in [3.05, 3.63) is 54.6 Å². The number of aliphatic imine (C=N–C) groups is 1. The summed E-state index contributed by atoms with van der Waals surface area (Å²) in [4.78, 5) is 7.91. The van der Waals surface area contributed by atoms with E-state index in [1.54, 1.807) is 11.8 Å². The number of rotatable bonds is 6. The summed E-state index contributed by atoms with van der Waals surface area (Å²) in [6.07, 6.45) is 2.25. The highest BCUT2D eigenvalue weighted by Gasteiger charge is 2.12. The molecule has 23 heavy (non-hydrogen) atoms. The lowest BCUT2D eigenvalue weighted by Gasteiger charge is -2.25. The first-order valence-corrected chi connectivity index (χ1v) is 9.08. The summed E-state index contributed by atoms with van der Waals surface area (Å²) >= 11 is 1.68. The standard InChI is InChI=1S/C20H26N2S/c1-5-13-22(14-6-2)20(21-4)23-16(3)18-12-11-17-9-7-8-10-19(17)15-18/h7-12,15H,3,5-6,13-14H2,1-2,4H3. The van der Waals surface area contributed by atoms with E-state index in [9.17, 15) is 0 Å². The molecule has 3 heteroatoms. The highest BCUT2D eigenvalue weighted by molar-refractivity contribution is 8.21. The third kappa shape index (κ3) is 4.61. The number of hydrogen-bond donors (Lipinski definition) is 0. The van der Waals surface area contributed by atoms with Gasteiger partial charge in [-0.2, -0.15) is 0 Å². The second kappa shape index (κ2) is 8.78. The predicted octanol–water partition coefficient (Wildman–Crippen LogP) is 5.65. The van der Waals surface area contributed by atoms with Gasteiger partial charge >= 0.3 is 0 Å². The third-order valence-electron chi connectivity index (χ3n) is 3.73. The summed E-state index contributed by atoms with van der Waals surface area (Å²) in [6.45, 7) is 10.8. The van der Waals surface area contributed by atoms with Crippen molar-refractivity contribution in [2.24, 2.45) is 4.99 Å². The summed E-state index contributed by atoms with van der Waals surface area (Å²) in [5.74, 6) is 0. The fourth-order valence-corrected chi connectivity index (χ4v) is 3.49. The van der Waals surface area contributed by atoms with Crippen LogP contribution >= 0.6 is 11.8 Å². The molecule has 0 aliphatic carbocycles. The lowest BCUT2D eigenvalue weighted by Crippen LogP contribution is -2.30. The molecule has 0 spiro atoms. The number of nitrogens with zero attached hydrogens (tertiary/aromatic N) is 2. The van der Waals surface area contributed by atoms with E-state index in [1.165, 1.54) is 16.3 Å². The van der Waals surface area contributed by atoms with Crippen LogP contribution in [0, 0.1) is 0 Å². The second-order valence-electron chi connectivity index (χ2n) is 5.58. The Morgan fingerprint density at radius 2 is 1.70 bits per heavy atom. The summed E-state index contributed by atoms with van der Waals surface area (Å²) in [5.41, 5.74) is 1.17. The molecule has 0 aliphatic rings. The van der Waals surface area contributed by atoms with Crippen LogP contribution in [0.2, 0.25) is 0 Å². The zero-order valence-corrected chi connectivity index (χ0v) is 15.2. The van der Waals surface area contributed by atoms with Crippen molar-refractivity contribution in [1.29, 1.82) is 0 Å². The van der Waals surface area contributed by atoms with Crippen molar-refractivity contribution in [2.45, 2.75) is 26.7 Å². The molecule has 0 atom stereocenters. The Balaban J connectivity index is 2.17. The van der Waals surface area contributed by atoms with Gasteiger partial charge in [-0.1, -0.05) is 68.6 Å². The van der Waals surface area contributed by atoms with Gasteiger partial charge in [0.2, 0.25) is 0 Å². The van der Waals surface area contributed by atoms with Gasteiger partial charge in [0.15, 0.2) is 5.17 Å². The molecule has 0 amide bonds. The van der Waals surface area contributed by atoms with E-state index < -0.39 is 0 Å². The number of amidine groups is 1. The van der Waals surface area contributed by atoms with Crippen LogP contribution in [-0.4, -0.2) is 30.2 Å². The van der Waals surface area contributed by atoms with Crippen molar-refractivity contribution < 1.29 is 0 Å². The van der Waals surface area contributed by atoms with Crippen LogP contribution in [0.3, 0.4) is 0 Å². The van der Waals surface area contributed by atoms with Gasteiger partial charge in [-0.3, -0.25) is 4.99 Å². The van der Waals surface area contributed by atoms with E-state index >= 15 is 0 Å². The second-order valence-corrected chi connectivity index (χ2v) is 6.64. The number of benzene rings is 2. The molecule has 122 valence electrons. The predicted molar refractivity (Wildman–Crippen MR) is 106 cm³/mol. The molecule has 0 saturated carbocycles. The molecule has 2 aromatic rings. The molecule has 0 aliphatic heterocycles. The van der Waals surface area contributed by atoms with Crippen molar-refractivity contribution in [3.8, 4) is 0 Å². The monoisotopic (exact) mass is 326 g/mol. The first-order chi connectivity index (χ1) is 11.2. The Kier molecular flexibility index (Phi) is 6.72. The SMILES string of the molecule is C=C(SC(=NC)N(CCC)CCC)c1ccc2ccccc2c1. The maximum Gasteiger partial charge on any atom is 0.163 e. The molecule has 0 radical (unpaired) electrons. The topological polar surface area (TPSA) is 15.6 Å². The molecule has 0 fully saturated rings. The lowest BCUT2D eigenvalue weighted by molar-refractivity contribution is 0.424. The number of fused-ring (bicyclic) bond motifs is 1. The first kappa shape index (κ1) is 17.6. The summed E-state index contributed by atoms with van der Waals surface area (Å²) in [7, 11) is 1.87. The first-order valence-electron chi connectivity index (χ1n) is 8.27. The fourth-order valence-electron chi connectivity index (χ4n) is 2.63. The average molecular weight is 327 g/mol. The molecule has 0 unspecified atom stereocenters. The molecule has 0 saturated heterocycles.